The Kier molecular flexibility index (Phi) is 3.58. The molecule has 0 unspecified atom stereocenters. The number of halogens is 1. The average molecular weight is 284 g/mol. The van der Waals surface area contributed by atoms with Crippen molar-refractivity contribution in [1.29, 1.82) is 0 Å². The van der Waals surface area contributed by atoms with Gasteiger partial charge in [0.05, 0.1) is 17.6 Å². The van der Waals surface area contributed by atoms with Gasteiger partial charge in [-0.3, -0.25) is 4.90 Å². The highest BCUT2D eigenvalue weighted by Crippen LogP contribution is 2.16. The molecule has 0 fully saturated rings. The first-order valence-corrected chi connectivity index (χ1v) is 6.77. The Labute approximate surface area is 122 Å². The summed E-state index contributed by atoms with van der Waals surface area (Å²) < 4.78 is 12.9. The van der Waals surface area contributed by atoms with E-state index in [1.54, 1.807) is 12.1 Å². The molecule has 0 aliphatic heterocycles. The number of nitrogens with one attached hydrogen (secondary N) is 1. The first-order valence-electron chi connectivity index (χ1n) is 6.77. The highest BCUT2D eigenvalue weighted by molar-refractivity contribution is 5.78. The number of nitrogens with two attached hydrogens (primary N) is 1. The molecule has 108 valence electrons. The number of nitrogens with zero attached hydrogens (tertiary/aromatic N) is 2. The van der Waals surface area contributed by atoms with Crippen LogP contribution in [0.15, 0.2) is 42.5 Å². The predicted octanol–water partition coefficient (Wildman–Crippen LogP) is 2.92. The first kappa shape index (κ1) is 13.6. The summed E-state index contributed by atoms with van der Waals surface area (Å²) >= 11 is 0. The van der Waals surface area contributed by atoms with Crippen molar-refractivity contribution in [2.75, 3.05) is 12.8 Å². The topological polar surface area (TPSA) is 57.9 Å². The Morgan fingerprint density at radius 3 is 2.67 bits per heavy atom. The van der Waals surface area contributed by atoms with Crippen LogP contribution in [-0.2, 0) is 13.1 Å². The molecular formula is C16H17FN4. The molecule has 0 radical (unpaired) electrons. The second kappa shape index (κ2) is 5.54. The van der Waals surface area contributed by atoms with Crippen molar-refractivity contribution in [3.63, 3.8) is 0 Å². The molecule has 0 aliphatic rings. The van der Waals surface area contributed by atoms with E-state index in [-0.39, 0.29) is 5.82 Å². The van der Waals surface area contributed by atoms with E-state index >= 15 is 0 Å². The van der Waals surface area contributed by atoms with Gasteiger partial charge in [-0.25, -0.2) is 9.37 Å². The Morgan fingerprint density at radius 2 is 1.90 bits per heavy atom. The van der Waals surface area contributed by atoms with Crippen molar-refractivity contribution in [3.05, 3.63) is 59.7 Å². The molecule has 0 spiro atoms. The highest BCUT2D eigenvalue weighted by Gasteiger charge is 2.07. The van der Waals surface area contributed by atoms with E-state index < -0.39 is 0 Å². The molecule has 5 heteroatoms. The number of benzene rings is 2. The summed E-state index contributed by atoms with van der Waals surface area (Å²) in [6.45, 7) is 1.42. The van der Waals surface area contributed by atoms with E-state index in [2.05, 4.69) is 14.9 Å². The summed E-state index contributed by atoms with van der Waals surface area (Å²) in [7, 11) is 2.00. The zero-order valence-electron chi connectivity index (χ0n) is 11.8. The van der Waals surface area contributed by atoms with Gasteiger partial charge in [-0.1, -0.05) is 12.1 Å². The number of nitrogen functional groups attached to an aromatic ring is 1. The van der Waals surface area contributed by atoms with Crippen LogP contribution >= 0.6 is 0 Å². The van der Waals surface area contributed by atoms with Crippen molar-refractivity contribution >= 4 is 16.7 Å². The van der Waals surface area contributed by atoms with Gasteiger partial charge in [0.15, 0.2) is 0 Å². The van der Waals surface area contributed by atoms with Gasteiger partial charge in [-0.2, -0.15) is 0 Å². The number of aromatic nitrogens is 2. The standard InChI is InChI=1S/C16H17FN4/c1-21(9-11-2-4-12(17)5-3-11)10-16-19-14-7-6-13(18)8-15(14)20-16/h2-8H,9-10,18H2,1H3,(H,19,20). The Hall–Kier alpha value is -2.40. The molecule has 3 rings (SSSR count). The molecule has 1 aromatic heterocycles. The number of imidazole rings is 1. The Bertz CT molecular complexity index is 749. The summed E-state index contributed by atoms with van der Waals surface area (Å²) in [4.78, 5) is 9.93. The van der Waals surface area contributed by atoms with Crippen LogP contribution in [0.3, 0.4) is 0 Å². The number of fused-ring (bicyclic) bond motifs is 1. The van der Waals surface area contributed by atoms with Gasteiger partial charge in [0, 0.05) is 12.2 Å². The van der Waals surface area contributed by atoms with Gasteiger partial charge in [-0.15, -0.1) is 0 Å². The third kappa shape index (κ3) is 3.20. The van der Waals surface area contributed by atoms with Crippen molar-refractivity contribution in [3.8, 4) is 0 Å². The number of anilines is 1. The van der Waals surface area contributed by atoms with E-state index in [0.717, 1.165) is 34.7 Å². The Balaban J connectivity index is 1.70. The molecule has 1 heterocycles. The summed E-state index contributed by atoms with van der Waals surface area (Å²) in [5.41, 5.74) is 9.40. The number of H-pyrrole nitrogens is 1. The van der Waals surface area contributed by atoms with E-state index in [4.69, 9.17) is 5.73 Å². The van der Waals surface area contributed by atoms with Crippen LogP contribution in [0.4, 0.5) is 10.1 Å². The third-order valence-electron chi connectivity index (χ3n) is 3.34. The number of hydrogen-bond donors (Lipinski definition) is 2. The Morgan fingerprint density at radius 1 is 1.14 bits per heavy atom. The zero-order chi connectivity index (χ0) is 14.8. The normalized spacial score (nSPS) is 11.4. The molecule has 21 heavy (non-hydrogen) atoms. The largest absolute Gasteiger partial charge is 0.399 e. The lowest BCUT2D eigenvalue weighted by Crippen LogP contribution is -2.18. The zero-order valence-corrected chi connectivity index (χ0v) is 11.8. The quantitative estimate of drug-likeness (QED) is 0.724. The maximum Gasteiger partial charge on any atom is 0.123 e. The van der Waals surface area contributed by atoms with Crippen LogP contribution in [-0.4, -0.2) is 21.9 Å². The van der Waals surface area contributed by atoms with Gasteiger partial charge in [0.25, 0.3) is 0 Å². The number of hydrogen-bond acceptors (Lipinski definition) is 3. The highest BCUT2D eigenvalue weighted by atomic mass is 19.1. The molecule has 2 aromatic carbocycles. The minimum absolute atomic E-state index is 0.212. The third-order valence-corrected chi connectivity index (χ3v) is 3.34. The van der Waals surface area contributed by atoms with Crippen molar-refractivity contribution in [2.24, 2.45) is 0 Å². The van der Waals surface area contributed by atoms with Crippen molar-refractivity contribution < 1.29 is 4.39 Å². The molecule has 3 aromatic rings. The SMILES string of the molecule is CN(Cc1ccc(F)cc1)Cc1nc2ccc(N)cc2[nH]1. The van der Waals surface area contributed by atoms with E-state index in [1.165, 1.54) is 12.1 Å². The molecule has 0 atom stereocenters. The van der Waals surface area contributed by atoms with Gasteiger partial charge in [0.1, 0.15) is 11.6 Å². The fourth-order valence-electron chi connectivity index (χ4n) is 2.37. The van der Waals surface area contributed by atoms with E-state index in [0.29, 0.717) is 6.54 Å². The van der Waals surface area contributed by atoms with Crippen LogP contribution in [0.5, 0.6) is 0 Å². The van der Waals surface area contributed by atoms with Gasteiger partial charge >= 0.3 is 0 Å². The molecule has 0 amide bonds. The summed E-state index contributed by atoms with van der Waals surface area (Å²) in [5, 5.41) is 0. The van der Waals surface area contributed by atoms with Crippen LogP contribution in [0, 0.1) is 5.82 Å². The molecular weight excluding hydrogens is 267 g/mol. The van der Waals surface area contributed by atoms with E-state index in [1.807, 2.05) is 25.2 Å². The molecule has 0 bridgehead atoms. The maximum atomic E-state index is 12.9. The van der Waals surface area contributed by atoms with Gasteiger partial charge in [-0.05, 0) is 42.9 Å². The second-order valence-corrected chi connectivity index (χ2v) is 5.26. The fraction of sp³-hybridized carbons (Fsp3) is 0.188. The average Bonchev–Trinajstić information content (AvgIpc) is 2.82. The lowest BCUT2D eigenvalue weighted by Gasteiger charge is -2.15. The minimum atomic E-state index is -0.212. The van der Waals surface area contributed by atoms with E-state index in [9.17, 15) is 4.39 Å². The predicted molar refractivity (Wildman–Crippen MR) is 82.1 cm³/mol. The fourth-order valence-corrected chi connectivity index (χ4v) is 2.37. The summed E-state index contributed by atoms with van der Waals surface area (Å²) in [6, 6.07) is 12.2. The lowest BCUT2D eigenvalue weighted by molar-refractivity contribution is 0.312. The molecule has 0 saturated carbocycles. The van der Waals surface area contributed by atoms with Crippen LogP contribution in [0.25, 0.3) is 11.0 Å². The molecule has 0 saturated heterocycles. The van der Waals surface area contributed by atoms with Gasteiger partial charge < -0.3 is 10.7 Å². The second-order valence-electron chi connectivity index (χ2n) is 5.26. The smallest absolute Gasteiger partial charge is 0.123 e. The van der Waals surface area contributed by atoms with Crippen molar-refractivity contribution in [1.82, 2.24) is 14.9 Å². The summed E-state index contributed by atoms with van der Waals surface area (Å²) in [6.07, 6.45) is 0. The monoisotopic (exact) mass is 284 g/mol. The van der Waals surface area contributed by atoms with Crippen LogP contribution < -0.4 is 5.73 Å². The van der Waals surface area contributed by atoms with Gasteiger partial charge in [0.2, 0.25) is 0 Å². The van der Waals surface area contributed by atoms with Crippen LogP contribution in [0.1, 0.15) is 11.4 Å². The van der Waals surface area contributed by atoms with Crippen LogP contribution in [0.2, 0.25) is 0 Å². The maximum absolute atomic E-state index is 12.9. The number of aromatic amines is 1. The van der Waals surface area contributed by atoms with Crippen molar-refractivity contribution in [2.45, 2.75) is 13.1 Å². The first-order chi connectivity index (χ1) is 10.1. The lowest BCUT2D eigenvalue weighted by atomic mass is 10.2. The minimum Gasteiger partial charge on any atom is -0.399 e. The molecule has 4 nitrogen and oxygen atoms in total. The summed E-state index contributed by atoms with van der Waals surface area (Å²) in [5.74, 6) is 0.677. The molecule has 0 aliphatic carbocycles. The number of rotatable bonds is 4. The molecule has 3 N–H and O–H groups in total.